The van der Waals surface area contributed by atoms with Crippen LogP contribution in [0.15, 0.2) is 24.5 Å². The van der Waals surface area contributed by atoms with E-state index in [2.05, 4.69) is 15.1 Å². The molecule has 0 saturated carbocycles. The molecule has 2 aromatic rings. The predicted molar refractivity (Wildman–Crippen MR) is 74.6 cm³/mol. The van der Waals surface area contributed by atoms with Gasteiger partial charge in [0, 0.05) is 26.0 Å². The number of amides is 1. The number of rotatable bonds is 2. The van der Waals surface area contributed by atoms with Crippen molar-refractivity contribution in [1.82, 2.24) is 24.6 Å². The molecule has 0 radical (unpaired) electrons. The molecule has 3 heterocycles. The summed E-state index contributed by atoms with van der Waals surface area (Å²) in [5.74, 6) is 0.624. The van der Waals surface area contributed by atoms with Crippen LogP contribution in [0.2, 0.25) is 0 Å². The van der Waals surface area contributed by atoms with Gasteiger partial charge < -0.3 is 9.64 Å². The van der Waals surface area contributed by atoms with Crippen LogP contribution in [0.25, 0.3) is 0 Å². The zero-order valence-corrected chi connectivity index (χ0v) is 12.1. The topological polar surface area (TPSA) is 73.1 Å². The zero-order chi connectivity index (χ0) is 14.8. The summed E-state index contributed by atoms with van der Waals surface area (Å²) >= 11 is 0. The zero-order valence-electron chi connectivity index (χ0n) is 12.1. The molecule has 2 aromatic heterocycles. The molecule has 7 nitrogen and oxygen atoms in total. The molecule has 110 valence electrons. The van der Waals surface area contributed by atoms with E-state index in [0.29, 0.717) is 31.2 Å². The van der Waals surface area contributed by atoms with Gasteiger partial charge in [0.1, 0.15) is 17.6 Å². The molecule has 0 unspecified atom stereocenters. The van der Waals surface area contributed by atoms with Gasteiger partial charge in [0.05, 0.1) is 18.8 Å². The molecular weight excluding hydrogens is 270 g/mol. The van der Waals surface area contributed by atoms with Gasteiger partial charge in [-0.25, -0.2) is 9.97 Å². The number of aryl methyl sites for hydroxylation is 2. The van der Waals surface area contributed by atoms with Crippen LogP contribution >= 0.6 is 0 Å². The third-order valence-corrected chi connectivity index (χ3v) is 3.41. The number of morpholine rings is 1. The molecule has 1 atom stereocenters. The smallest absolute Gasteiger partial charge is 0.274 e. The Hall–Kier alpha value is -2.28. The lowest BCUT2D eigenvalue weighted by Gasteiger charge is -2.32. The normalized spacial score (nSPS) is 18.8. The van der Waals surface area contributed by atoms with Crippen molar-refractivity contribution in [3.63, 3.8) is 0 Å². The van der Waals surface area contributed by atoms with Crippen molar-refractivity contribution in [2.24, 2.45) is 7.05 Å². The van der Waals surface area contributed by atoms with Gasteiger partial charge in [-0.05, 0) is 19.1 Å². The summed E-state index contributed by atoms with van der Waals surface area (Å²) in [6.45, 7) is 3.37. The molecule has 0 spiro atoms. The Balaban J connectivity index is 1.75. The summed E-state index contributed by atoms with van der Waals surface area (Å²) in [6.07, 6.45) is 3.26. The molecular formula is C14H17N5O2. The lowest BCUT2D eigenvalue weighted by molar-refractivity contribution is -0.0250. The Morgan fingerprint density at radius 2 is 2.29 bits per heavy atom. The molecule has 7 heteroatoms. The Kier molecular flexibility index (Phi) is 3.66. The average molecular weight is 287 g/mol. The van der Waals surface area contributed by atoms with Gasteiger partial charge in [0.2, 0.25) is 0 Å². The monoisotopic (exact) mass is 287 g/mol. The van der Waals surface area contributed by atoms with Crippen molar-refractivity contribution in [3.8, 4) is 0 Å². The second-order valence-electron chi connectivity index (χ2n) is 5.01. The third-order valence-electron chi connectivity index (χ3n) is 3.41. The van der Waals surface area contributed by atoms with E-state index in [1.165, 1.54) is 0 Å². The highest BCUT2D eigenvalue weighted by molar-refractivity contribution is 5.92. The van der Waals surface area contributed by atoms with Crippen molar-refractivity contribution in [3.05, 3.63) is 41.7 Å². The molecule has 3 rings (SSSR count). The Bertz CT molecular complexity index is 654. The summed E-state index contributed by atoms with van der Waals surface area (Å²) in [7, 11) is 1.79. The van der Waals surface area contributed by atoms with E-state index in [1.807, 2.05) is 13.0 Å². The highest BCUT2D eigenvalue weighted by Crippen LogP contribution is 2.21. The highest BCUT2D eigenvalue weighted by atomic mass is 16.5. The highest BCUT2D eigenvalue weighted by Gasteiger charge is 2.28. The minimum atomic E-state index is -0.215. The van der Waals surface area contributed by atoms with Gasteiger partial charge in [-0.1, -0.05) is 0 Å². The number of carbonyl (C=O) groups excluding carboxylic acids is 1. The van der Waals surface area contributed by atoms with Crippen LogP contribution in [0.5, 0.6) is 0 Å². The third kappa shape index (κ3) is 2.92. The van der Waals surface area contributed by atoms with Crippen LogP contribution in [-0.4, -0.2) is 50.3 Å². The quantitative estimate of drug-likeness (QED) is 0.814. The second-order valence-corrected chi connectivity index (χ2v) is 5.01. The van der Waals surface area contributed by atoms with Crippen LogP contribution in [0.4, 0.5) is 0 Å². The summed E-state index contributed by atoms with van der Waals surface area (Å²) in [5.41, 5.74) is 1.26. The fourth-order valence-corrected chi connectivity index (χ4v) is 2.36. The molecule has 1 saturated heterocycles. The van der Waals surface area contributed by atoms with Gasteiger partial charge in [-0.2, -0.15) is 5.10 Å². The van der Waals surface area contributed by atoms with E-state index < -0.39 is 0 Å². The number of aromatic nitrogens is 4. The van der Waals surface area contributed by atoms with E-state index >= 15 is 0 Å². The minimum Gasteiger partial charge on any atom is -0.368 e. The van der Waals surface area contributed by atoms with Crippen molar-refractivity contribution in [2.75, 3.05) is 19.7 Å². The SMILES string of the molecule is Cc1nccc([C@@H]2CN(C(=O)c3ccn(C)n3)CCO2)n1. The van der Waals surface area contributed by atoms with Crippen molar-refractivity contribution in [2.45, 2.75) is 13.0 Å². The van der Waals surface area contributed by atoms with Crippen LogP contribution in [0.3, 0.4) is 0 Å². The van der Waals surface area contributed by atoms with Crippen LogP contribution in [0, 0.1) is 6.92 Å². The van der Waals surface area contributed by atoms with E-state index in [9.17, 15) is 4.79 Å². The first-order chi connectivity index (χ1) is 10.1. The molecule has 1 amide bonds. The van der Waals surface area contributed by atoms with Crippen molar-refractivity contribution in [1.29, 1.82) is 0 Å². The van der Waals surface area contributed by atoms with E-state index in [1.54, 1.807) is 35.1 Å². The first kappa shape index (κ1) is 13.7. The standard InChI is InChI=1S/C14H17N5O2/c1-10-15-5-3-11(16-10)13-9-19(7-8-21-13)14(20)12-4-6-18(2)17-12/h3-6,13H,7-9H2,1-2H3/t13-/m0/s1. The number of ether oxygens (including phenoxy) is 1. The summed E-state index contributed by atoms with van der Waals surface area (Å²) in [4.78, 5) is 22.6. The molecule has 21 heavy (non-hydrogen) atoms. The molecule has 1 fully saturated rings. The first-order valence-corrected chi connectivity index (χ1v) is 6.83. The van der Waals surface area contributed by atoms with Gasteiger partial charge in [0.25, 0.3) is 5.91 Å². The van der Waals surface area contributed by atoms with Gasteiger partial charge >= 0.3 is 0 Å². The lowest BCUT2D eigenvalue weighted by atomic mass is 10.2. The number of hydrogen-bond donors (Lipinski definition) is 0. The lowest BCUT2D eigenvalue weighted by Crippen LogP contribution is -2.42. The molecule has 0 N–H and O–H groups in total. The van der Waals surface area contributed by atoms with E-state index in [4.69, 9.17) is 4.74 Å². The van der Waals surface area contributed by atoms with Crippen LogP contribution < -0.4 is 0 Å². The fourth-order valence-electron chi connectivity index (χ4n) is 2.36. The van der Waals surface area contributed by atoms with Gasteiger partial charge in [-0.15, -0.1) is 0 Å². The molecule has 0 aromatic carbocycles. The van der Waals surface area contributed by atoms with Crippen LogP contribution in [0.1, 0.15) is 28.1 Å². The maximum absolute atomic E-state index is 12.4. The minimum absolute atomic E-state index is 0.0744. The molecule has 1 aliphatic rings. The summed E-state index contributed by atoms with van der Waals surface area (Å²) < 4.78 is 7.35. The molecule has 0 bridgehead atoms. The summed E-state index contributed by atoms with van der Waals surface area (Å²) in [6, 6.07) is 3.55. The largest absolute Gasteiger partial charge is 0.368 e. The predicted octanol–water partition coefficient (Wildman–Crippen LogP) is 0.732. The molecule has 0 aliphatic carbocycles. The van der Waals surface area contributed by atoms with Gasteiger partial charge in [-0.3, -0.25) is 9.48 Å². The number of nitrogens with zero attached hydrogens (tertiary/aromatic N) is 5. The van der Waals surface area contributed by atoms with Gasteiger partial charge in [0.15, 0.2) is 0 Å². The number of hydrogen-bond acceptors (Lipinski definition) is 5. The maximum atomic E-state index is 12.4. The number of carbonyl (C=O) groups is 1. The first-order valence-electron chi connectivity index (χ1n) is 6.83. The fraction of sp³-hybridized carbons (Fsp3) is 0.429. The average Bonchev–Trinajstić information content (AvgIpc) is 2.93. The summed E-state index contributed by atoms with van der Waals surface area (Å²) in [5, 5.41) is 4.16. The maximum Gasteiger partial charge on any atom is 0.274 e. The second kappa shape index (κ2) is 5.61. The van der Waals surface area contributed by atoms with Crippen molar-refractivity contribution < 1.29 is 9.53 Å². The van der Waals surface area contributed by atoms with Crippen LogP contribution in [-0.2, 0) is 11.8 Å². The Morgan fingerprint density at radius 3 is 3.00 bits per heavy atom. The van der Waals surface area contributed by atoms with Crippen molar-refractivity contribution >= 4 is 5.91 Å². The Labute approximate surface area is 122 Å². The molecule has 1 aliphatic heterocycles. The van der Waals surface area contributed by atoms with E-state index in [0.717, 1.165) is 5.69 Å². The van der Waals surface area contributed by atoms with E-state index in [-0.39, 0.29) is 12.0 Å². The Morgan fingerprint density at radius 1 is 1.43 bits per heavy atom.